The van der Waals surface area contributed by atoms with E-state index in [4.69, 9.17) is 18.9 Å². The Morgan fingerprint density at radius 2 is 1.84 bits per heavy atom. The van der Waals surface area contributed by atoms with Crippen molar-refractivity contribution in [1.29, 1.82) is 0 Å². The maximum atomic E-state index is 7.14. The maximum Gasteiger partial charge on any atom is 0.165 e. The van der Waals surface area contributed by atoms with Crippen LogP contribution >= 0.6 is 0 Å². The van der Waals surface area contributed by atoms with E-state index in [1.165, 1.54) is 61.9 Å². The molecule has 0 amide bonds. The fourth-order valence-electron chi connectivity index (χ4n) is 10.7. The van der Waals surface area contributed by atoms with Crippen LogP contribution in [0.5, 0.6) is 11.5 Å². The van der Waals surface area contributed by atoms with Gasteiger partial charge in [-0.05, 0) is 68.2 Å². The number of piperidine rings is 1. The van der Waals surface area contributed by atoms with Crippen LogP contribution in [0.15, 0.2) is 42.5 Å². The highest BCUT2D eigenvalue weighted by Crippen LogP contribution is 2.82. The van der Waals surface area contributed by atoms with E-state index in [2.05, 4.69) is 47.4 Å². The van der Waals surface area contributed by atoms with Gasteiger partial charge in [0.2, 0.25) is 0 Å². The molecule has 2 aromatic rings. The van der Waals surface area contributed by atoms with E-state index in [0.717, 1.165) is 23.8 Å². The fourth-order valence-corrected chi connectivity index (χ4v) is 10.7. The Labute approximate surface area is 219 Å². The number of ether oxygens (including phenoxy) is 4. The Morgan fingerprint density at radius 1 is 1.03 bits per heavy atom. The molecule has 5 atom stereocenters. The molecule has 2 aliphatic heterocycles. The van der Waals surface area contributed by atoms with E-state index in [1.807, 2.05) is 7.11 Å². The molecule has 11 rings (SSSR count). The SMILES string of the molecule is COc1ccc2c3c1O[C@H]1C4(OC)[C@@H]5CC6(C[C@@H]4C5OCc4ccccc4)[C@@H](C2)N(CC2CC2)CC[C@]316. The number of methoxy groups -OCH3 is 2. The minimum Gasteiger partial charge on any atom is -0.493 e. The average Bonchev–Trinajstić information content (AvgIpc) is 3.68. The summed E-state index contributed by atoms with van der Waals surface area (Å²) in [5, 5.41) is 0. The van der Waals surface area contributed by atoms with E-state index < -0.39 is 0 Å². The van der Waals surface area contributed by atoms with Crippen LogP contribution < -0.4 is 9.47 Å². The van der Waals surface area contributed by atoms with Crippen LogP contribution in [-0.4, -0.2) is 56.1 Å². The molecule has 0 radical (unpaired) electrons. The van der Waals surface area contributed by atoms with E-state index >= 15 is 0 Å². The number of likely N-dealkylation sites (tertiary alicyclic amines) is 1. The van der Waals surface area contributed by atoms with Gasteiger partial charge in [0.15, 0.2) is 11.5 Å². The Bertz CT molecular complexity index is 1260. The third kappa shape index (κ3) is 2.36. The van der Waals surface area contributed by atoms with E-state index in [-0.39, 0.29) is 28.6 Å². The second-order valence-corrected chi connectivity index (χ2v) is 13.1. The van der Waals surface area contributed by atoms with E-state index in [0.29, 0.717) is 24.5 Å². The highest BCUT2D eigenvalue weighted by molar-refractivity contribution is 5.64. The lowest BCUT2D eigenvalue weighted by Gasteiger charge is -2.81. The topological polar surface area (TPSA) is 40.2 Å². The van der Waals surface area contributed by atoms with Crippen molar-refractivity contribution in [3.8, 4) is 11.5 Å². The Morgan fingerprint density at radius 3 is 2.57 bits per heavy atom. The van der Waals surface area contributed by atoms with E-state index in [9.17, 15) is 0 Å². The zero-order valence-electron chi connectivity index (χ0n) is 21.9. The van der Waals surface area contributed by atoms with Gasteiger partial charge >= 0.3 is 0 Å². The van der Waals surface area contributed by atoms with Crippen LogP contribution in [0, 0.1) is 23.2 Å². The van der Waals surface area contributed by atoms with Crippen molar-refractivity contribution >= 4 is 0 Å². The van der Waals surface area contributed by atoms with Crippen LogP contribution in [-0.2, 0) is 27.9 Å². The highest BCUT2D eigenvalue weighted by atomic mass is 16.6. The molecule has 7 aliphatic carbocycles. The van der Waals surface area contributed by atoms with Gasteiger partial charge in [-0.3, -0.25) is 4.90 Å². The highest BCUT2D eigenvalue weighted by Gasteiger charge is 2.88. The van der Waals surface area contributed by atoms with Crippen LogP contribution in [0.4, 0.5) is 0 Å². The van der Waals surface area contributed by atoms with Gasteiger partial charge in [0.1, 0.15) is 11.7 Å². The molecule has 6 saturated carbocycles. The van der Waals surface area contributed by atoms with Gasteiger partial charge in [0.25, 0.3) is 0 Å². The smallest absolute Gasteiger partial charge is 0.165 e. The van der Waals surface area contributed by atoms with E-state index in [1.54, 1.807) is 7.11 Å². The van der Waals surface area contributed by atoms with Crippen LogP contribution in [0.1, 0.15) is 48.8 Å². The van der Waals surface area contributed by atoms with Crippen molar-refractivity contribution in [2.45, 2.75) is 74.4 Å². The minimum absolute atomic E-state index is 0.0303. The number of hydrogen-bond acceptors (Lipinski definition) is 5. The summed E-state index contributed by atoms with van der Waals surface area (Å²) in [6.45, 7) is 3.14. The number of nitrogens with zero attached hydrogens (tertiary/aromatic N) is 1. The van der Waals surface area contributed by atoms with Crippen molar-refractivity contribution in [2.24, 2.45) is 23.2 Å². The first kappa shape index (κ1) is 21.8. The average molecular weight is 500 g/mol. The Hall–Kier alpha value is -2.08. The van der Waals surface area contributed by atoms with Gasteiger partial charge in [-0.15, -0.1) is 0 Å². The lowest BCUT2D eigenvalue weighted by atomic mass is 9.27. The van der Waals surface area contributed by atoms with Crippen LogP contribution in [0.25, 0.3) is 0 Å². The Kier molecular flexibility index (Phi) is 4.19. The van der Waals surface area contributed by atoms with Gasteiger partial charge in [-0.2, -0.15) is 0 Å². The summed E-state index contributed by atoms with van der Waals surface area (Å²) in [5.41, 5.74) is 4.23. The Balaban J connectivity index is 1.17. The molecular formula is C32H37NO4. The molecule has 5 nitrogen and oxygen atoms in total. The second-order valence-electron chi connectivity index (χ2n) is 13.1. The molecule has 37 heavy (non-hydrogen) atoms. The molecule has 2 heterocycles. The summed E-state index contributed by atoms with van der Waals surface area (Å²) >= 11 is 0. The summed E-state index contributed by atoms with van der Waals surface area (Å²) < 4.78 is 26.4. The van der Waals surface area contributed by atoms with Crippen molar-refractivity contribution in [2.75, 3.05) is 27.3 Å². The first-order valence-corrected chi connectivity index (χ1v) is 14.5. The molecule has 5 heteroatoms. The maximum absolute atomic E-state index is 7.14. The summed E-state index contributed by atoms with van der Waals surface area (Å²) in [4.78, 5) is 2.91. The zero-order valence-corrected chi connectivity index (χ0v) is 21.9. The molecular weight excluding hydrogens is 462 g/mol. The summed E-state index contributed by atoms with van der Waals surface area (Å²) in [6, 6.07) is 15.7. The van der Waals surface area contributed by atoms with Crippen molar-refractivity contribution in [3.63, 3.8) is 0 Å². The standard InChI is InChI=1S/C32H37NO4/c1-34-24-11-10-21-14-25-30-15-22-27(36-18-20-6-4-3-5-7-20)23(16-30)32(22,35-2)29-31(30,26(21)28(24)37-29)12-13-33(25)17-19-8-9-19/h3-7,10-11,19,22-23,25,27,29H,8-9,12-18H2,1-2H3/t22-,23-,25-,27?,29-,30?,31+,32?/m1/s1. The molecule has 0 N–H and O–H groups in total. The summed E-state index contributed by atoms with van der Waals surface area (Å²) in [5.74, 6) is 3.59. The predicted octanol–water partition coefficient (Wildman–Crippen LogP) is 4.74. The molecule has 2 spiro atoms. The number of rotatable bonds is 7. The summed E-state index contributed by atoms with van der Waals surface area (Å²) in [6.07, 6.45) is 7.83. The third-order valence-corrected chi connectivity index (χ3v) is 12.1. The van der Waals surface area contributed by atoms with Crippen LogP contribution in [0.2, 0.25) is 0 Å². The second kappa shape index (κ2) is 7.11. The largest absolute Gasteiger partial charge is 0.493 e. The monoisotopic (exact) mass is 499 g/mol. The lowest BCUT2D eigenvalue weighted by Crippen LogP contribution is -2.90. The first-order valence-electron chi connectivity index (χ1n) is 14.5. The van der Waals surface area contributed by atoms with Crippen LogP contribution in [0.3, 0.4) is 0 Å². The molecule has 6 bridgehead atoms. The molecule has 0 aromatic heterocycles. The normalized spacial score (nSPS) is 43.7. The molecule has 1 saturated heterocycles. The number of benzene rings is 2. The predicted molar refractivity (Wildman–Crippen MR) is 139 cm³/mol. The lowest BCUT2D eigenvalue weighted by molar-refractivity contribution is -0.390. The third-order valence-electron chi connectivity index (χ3n) is 12.1. The van der Waals surface area contributed by atoms with Gasteiger partial charge in [0.05, 0.1) is 19.8 Å². The summed E-state index contributed by atoms with van der Waals surface area (Å²) in [7, 11) is 3.72. The molecule has 9 aliphatic rings. The number of hydrogen-bond donors (Lipinski definition) is 0. The fraction of sp³-hybridized carbons (Fsp3) is 0.625. The first-order chi connectivity index (χ1) is 18.2. The van der Waals surface area contributed by atoms with Crippen molar-refractivity contribution < 1.29 is 18.9 Å². The van der Waals surface area contributed by atoms with Crippen molar-refractivity contribution in [3.05, 3.63) is 59.2 Å². The van der Waals surface area contributed by atoms with Gasteiger partial charge in [-0.25, -0.2) is 0 Å². The van der Waals surface area contributed by atoms with Gasteiger partial charge in [-0.1, -0.05) is 36.4 Å². The van der Waals surface area contributed by atoms with Gasteiger partial charge < -0.3 is 18.9 Å². The molecule has 194 valence electrons. The molecule has 2 aromatic carbocycles. The van der Waals surface area contributed by atoms with Crippen molar-refractivity contribution in [1.82, 2.24) is 4.90 Å². The quantitative estimate of drug-likeness (QED) is 0.550. The zero-order chi connectivity index (χ0) is 24.6. The molecule has 0 unspecified atom stereocenters. The minimum atomic E-state index is -0.273. The van der Waals surface area contributed by atoms with Gasteiger partial charge in [0, 0.05) is 47.9 Å². The molecule has 7 fully saturated rings.